The number of nitrogens with one attached hydrogen (secondary N) is 3. The minimum absolute atomic E-state index is 0.0308. The number of thioether (sulfide) groups is 1. The molecule has 50 heavy (non-hydrogen) atoms. The summed E-state index contributed by atoms with van der Waals surface area (Å²) in [5.41, 5.74) is 3.01. The van der Waals surface area contributed by atoms with Gasteiger partial charge in [0.1, 0.15) is 16.4 Å². The van der Waals surface area contributed by atoms with Gasteiger partial charge in [0.25, 0.3) is 11.8 Å². The molecule has 9 nitrogen and oxygen atoms in total. The highest BCUT2D eigenvalue weighted by molar-refractivity contribution is 8.00. The third-order valence-electron chi connectivity index (χ3n) is 8.12. The second kappa shape index (κ2) is 17.7. The first kappa shape index (κ1) is 36.4. The molecule has 0 bridgehead atoms. The summed E-state index contributed by atoms with van der Waals surface area (Å²) in [4.78, 5) is 55.0. The number of anilines is 2. The molecule has 0 aliphatic heterocycles. The average molecular weight is 712 g/mol. The van der Waals surface area contributed by atoms with Crippen molar-refractivity contribution in [1.29, 1.82) is 0 Å². The van der Waals surface area contributed by atoms with Crippen LogP contribution in [0.25, 0.3) is 6.08 Å². The lowest BCUT2D eigenvalue weighted by atomic mass is 9.96. The van der Waals surface area contributed by atoms with E-state index in [2.05, 4.69) is 16.0 Å². The number of benzene rings is 3. The fourth-order valence-electron chi connectivity index (χ4n) is 5.63. The minimum Gasteiger partial charge on any atom is -0.493 e. The van der Waals surface area contributed by atoms with Gasteiger partial charge in [-0.15, -0.1) is 23.1 Å². The van der Waals surface area contributed by atoms with E-state index in [0.717, 1.165) is 53.9 Å². The van der Waals surface area contributed by atoms with Gasteiger partial charge in [-0.25, -0.2) is 4.79 Å². The van der Waals surface area contributed by atoms with E-state index in [9.17, 15) is 19.2 Å². The Morgan fingerprint density at radius 2 is 1.64 bits per heavy atom. The zero-order chi connectivity index (χ0) is 35.5. The molecule has 0 saturated carbocycles. The number of hydrogen-bond acceptors (Lipinski definition) is 8. The van der Waals surface area contributed by atoms with Crippen LogP contribution in [0, 0.1) is 0 Å². The molecule has 0 radical (unpaired) electrons. The maximum absolute atomic E-state index is 13.7. The third-order valence-corrected chi connectivity index (χ3v) is 10.4. The smallest absolute Gasteiger partial charge is 0.341 e. The Hall–Kier alpha value is -4.87. The van der Waals surface area contributed by atoms with Gasteiger partial charge < -0.3 is 25.4 Å². The summed E-state index contributed by atoms with van der Waals surface area (Å²) in [6, 6.07) is 23.1. The van der Waals surface area contributed by atoms with E-state index in [1.165, 1.54) is 30.2 Å². The predicted octanol–water partition coefficient (Wildman–Crippen LogP) is 8.12. The van der Waals surface area contributed by atoms with Crippen molar-refractivity contribution in [3.05, 3.63) is 112 Å². The molecule has 3 aromatic carbocycles. The number of aryl methyl sites for hydroxylation is 1. The number of esters is 1. The Balaban J connectivity index is 1.32. The zero-order valence-corrected chi connectivity index (χ0v) is 30.0. The molecular formula is C39H41N3O6S2. The van der Waals surface area contributed by atoms with Crippen LogP contribution in [0.15, 0.2) is 89.5 Å². The van der Waals surface area contributed by atoms with Gasteiger partial charge in [-0.1, -0.05) is 55.3 Å². The summed E-state index contributed by atoms with van der Waals surface area (Å²) in [5.74, 6) is -1.06. The highest BCUT2D eigenvalue weighted by atomic mass is 32.2. The molecule has 0 spiro atoms. The van der Waals surface area contributed by atoms with Gasteiger partial charge in [-0.2, -0.15) is 0 Å². The number of ether oxygens (including phenoxy) is 2. The van der Waals surface area contributed by atoms with E-state index in [0.29, 0.717) is 39.7 Å². The largest absolute Gasteiger partial charge is 0.493 e. The molecule has 5 rings (SSSR count). The SMILES string of the molecule is CCOc1ccccc1/C=C(/NC(=O)c1ccccc1)C(=O)Nc1cccc(SC(C)C(=O)Nc2sc3c(c2C(=O)OC)CCCCCC3)c1. The van der Waals surface area contributed by atoms with Crippen LogP contribution in [0.3, 0.4) is 0 Å². The van der Waals surface area contributed by atoms with E-state index >= 15 is 0 Å². The van der Waals surface area contributed by atoms with Crippen molar-refractivity contribution in [2.75, 3.05) is 24.4 Å². The maximum atomic E-state index is 13.7. The van der Waals surface area contributed by atoms with Crippen molar-refractivity contribution in [1.82, 2.24) is 5.32 Å². The first-order valence-electron chi connectivity index (χ1n) is 16.7. The number of carbonyl (C=O) groups is 4. The van der Waals surface area contributed by atoms with E-state index < -0.39 is 23.0 Å². The minimum atomic E-state index is -0.530. The van der Waals surface area contributed by atoms with Crippen molar-refractivity contribution in [3.8, 4) is 5.75 Å². The maximum Gasteiger partial charge on any atom is 0.341 e. The van der Waals surface area contributed by atoms with E-state index in [-0.39, 0.29) is 11.6 Å². The van der Waals surface area contributed by atoms with Crippen LogP contribution in [0.4, 0.5) is 10.7 Å². The molecule has 1 atom stereocenters. The van der Waals surface area contributed by atoms with Crippen LogP contribution in [-0.4, -0.2) is 42.7 Å². The Labute approximate surface area is 300 Å². The van der Waals surface area contributed by atoms with Crippen molar-refractivity contribution < 1.29 is 28.7 Å². The van der Waals surface area contributed by atoms with Crippen LogP contribution in [0.1, 0.15) is 76.3 Å². The van der Waals surface area contributed by atoms with Gasteiger partial charge in [-0.05, 0) is 87.6 Å². The standard InChI is InChI=1S/C39H41N3O6S2/c1-4-48-32-21-13-12-17-27(32)23-31(41-36(44)26-15-8-7-9-16-26)37(45)40-28-18-14-19-29(24-28)49-25(2)35(43)42-38-34(39(46)47-3)30-20-10-5-6-11-22-33(30)50-38/h7-9,12-19,21,23-25H,4-6,10-11,20,22H2,1-3H3,(H,40,45)(H,41,44)(H,42,43)/b31-23+. The summed E-state index contributed by atoms with van der Waals surface area (Å²) in [6.07, 6.45) is 7.58. The van der Waals surface area contributed by atoms with Crippen LogP contribution in [-0.2, 0) is 27.2 Å². The van der Waals surface area contributed by atoms with Gasteiger partial charge in [0.15, 0.2) is 0 Å². The van der Waals surface area contributed by atoms with Crippen LogP contribution in [0.2, 0.25) is 0 Å². The van der Waals surface area contributed by atoms with Gasteiger partial charge in [0, 0.05) is 26.6 Å². The first-order chi connectivity index (χ1) is 24.3. The summed E-state index contributed by atoms with van der Waals surface area (Å²) in [7, 11) is 1.36. The first-order valence-corrected chi connectivity index (χ1v) is 18.4. The van der Waals surface area contributed by atoms with Crippen molar-refractivity contribution in [3.63, 3.8) is 0 Å². The van der Waals surface area contributed by atoms with E-state index in [1.54, 1.807) is 67.6 Å². The molecule has 1 aliphatic carbocycles. The molecule has 1 heterocycles. The number of fused-ring (bicyclic) bond motifs is 1. The Kier molecular flexibility index (Phi) is 12.9. The normalized spacial score (nSPS) is 13.5. The summed E-state index contributed by atoms with van der Waals surface area (Å²) >= 11 is 2.79. The van der Waals surface area contributed by atoms with Crippen molar-refractivity contribution in [2.24, 2.45) is 0 Å². The molecule has 0 fully saturated rings. The van der Waals surface area contributed by atoms with E-state index in [4.69, 9.17) is 9.47 Å². The summed E-state index contributed by atoms with van der Waals surface area (Å²) in [5, 5.41) is 8.67. The van der Waals surface area contributed by atoms with Crippen LogP contribution >= 0.6 is 23.1 Å². The molecule has 3 N–H and O–H groups in total. The van der Waals surface area contributed by atoms with E-state index in [1.807, 2.05) is 31.2 Å². The number of rotatable bonds is 12. The van der Waals surface area contributed by atoms with Crippen LogP contribution < -0.4 is 20.7 Å². The fraction of sp³-hybridized carbons (Fsp3) is 0.282. The number of hydrogen-bond donors (Lipinski definition) is 3. The number of amides is 3. The number of thiophene rings is 1. The highest BCUT2D eigenvalue weighted by Crippen LogP contribution is 2.38. The van der Waals surface area contributed by atoms with Gasteiger partial charge in [0.05, 0.1) is 24.5 Å². The number of methoxy groups -OCH3 is 1. The Bertz CT molecular complexity index is 1870. The zero-order valence-electron chi connectivity index (χ0n) is 28.4. The third kappa shape index (κ3) is 9.42. The molecule has 1 aliphatic rings. The van der Waals surface area contributed by atoms with Gasteiger partial charge >= 0.3 is 5.97 Å². The molecular weight excluding hydrogens is 671 g/mol. The molecule has 0 saturated heterocycles. The molecule has 260 valence electrons. The second-order valence-corrected chi connectivity index (χ2v) is 14.2. The molecule has 1 aromatic heterocycles. The molecule has 1 unspecified atom stereocenters. The summed E-state index contributed by atoms with van der Waals surface area (Å²) in [6.45, 7) is 4.10. The molecule has 4 aromatic rings. The van der Waals surface area contributed by atoms with Crippen molar-refractivity contribution >= 4 is 63.6 Å². The molecule has 11 heteroatoms. The lowest BCUT2D eigenvalue weighted by Crippen LogP contribution is -2.30. The lowest BCUT2D eigenvalue weighted by molar-refractivity contribution is -0.115. The van der Waals surface area contributed by atoms with Crippen LogP contribution in [0.5, 0.6) is 5.75 Å². The Morgan fingerprint density at radius 1 is 0.900 bits per heavy atom. The lowest BCUT2D eigenvalue weighted by Gasteiger charge is -2.15. The summed E-state index contributed by atoms with van der Waals surface area (Å²) < 4.78 is 10.9. The Morgan fingerprint density at radius 3 is 2.40 bits per heavy atom. The number of para-hydroxylation sites is 1. The quantitative estimate of drug-likeness (QED) is 0.0771. The fourth-order valence-corrected chi connectivity index (χ4v) is 7.83. The highest BCUT2D eigenvalue weighted by Gasteiger charge is 2.27. The molecule has 3 amide bonds. The van der Waals surface area contributed by atoms with Crippen molar-refractivity contribution in [2.45, 2.75) is 62.5 Å². The van der Waals surface area contributed by atoms with Gasteiger partial charge in [0.2, 0.25) is 5.91 Å². The topological polar surface area (TPSA) is 123 Å². The average Bonchev–Trinajstić information content (AvgIpc) is 3.43. The predicted molar refractivity (Wildman–Crippen MR) is 200 cm³/mol. The second-order valence-electron chi connectivity index (χ2n) is 11.7. The monoisotopic (exact) mass is 711 g/mol. The number of carbonyl (C=O) groups excluding carboxylic acids is 4. The van der Waals surface area contributed by atoms with Gasteiger partial charge in [-0.3, -0.25) is 14.4 Å².